The minimum absolute atomic E-state index is 0.312. The molecule has 1 rings (SSSR count). The summed E-state index contributed by atoms with van der Waals surface area (Å²) < 4.78 is 10.5. The van der Waals surface area contributed by atoms with E-state index in [0.29, 0.717) is 6.61 Å². The lowest BCUT2D eigenvalue weighted by Crippen LogP contribution is -2.34. The average Bonchev–Trinajstić information content (AvgIpc) is 2.56. The van der Waals surface area contributed by atoms with Crippen molar-refractivity contribution < 1.29 is 24.8 Å². The first-order valence-corrected chi connectivity index (χ1v) is 5.94. The van der Waals surface area contributed by atoms with E-state index < -0.39 is 24.6 Å². The van der Waals surface area contributed by atoms with Crippen LogP contribution in [0.5, 0.6) is 0 Å². The van der Waals surface area contributed by atoms with Gasteiger partial charge in [-0.25, -0.2) is 0 Å². The molecule has 96 valence electrons. The summed E-state index contributed by atoms with van der Waals surface area (Å²) in [6, 6.07) is 0. The third-order valence-electron chi connectivity index (χ3n) is 2.78. The maximum atomic E-state index is 9.55. The van der Waals surface area contributed by atoms with Gasteiger partial charge in [0.1, 0.15) is 18.3 Å². The van der Waals surface area contributed by atoms with Crippen molar-refractivity contribution in [1.82, 2.24) is 0 Å². The summed E-state index contributed by atoms with van der Waals surface area (Å²) in [6.07, 6.45) is 0.650. The van der Waals surface area contributed by atoms with Crippen LogP contribution in [0.1, 0.15) is 32.6 Å². The van der Waals surface area contributed by atoms with Gasteiger partial charge in [-0.2, -0.15) is 0 Å². The van der Waals surface area contributed by atoms with E-state index in [9.17, 15) is 10.2 Å². The van der Waals surface area contributed by atoms with Crippen molar-refractivity contribution in [2.45, 2.75) is 57.2 Å². The van der Waals surface area contributed by atoms with Crippen LogP contribution in [0.2, 0.25) is 0 Å². The van der Waals surface area contributed by atoms with E-state index >= 15 is 0 Å². The minimum atomic E-state index is -1.07. The summed E-state index contributed by atoms with van der Waals surface area (Å²) in [7, 11) is 0. The van der Waals surface area contributed by atoms with E-state index in [-0.39, 0.29) is 6.61 Å². The quantitative estimate of drug-likeness (QED) is 0.541. The summed E-state index contributed by atoms with van der Waals surface area (Å²) >= 11 is 0. The molecular weight excluding hydrogens is 212 g/mol. The standard InChI is InChI=1S/C11H22O5/c1-2-3-4-5-6-15-11-10(14)9(13)8(7-12)16-11/h8-14H,2-7H2,1H3/t8-,9-,10-,11?/m1/s1. The van der Waals surface area contributed by atoms with Crippen LogP contribution in [0.4, 0.5) is 0 Å². The monoisotopic (exact) mass is 234 g/mol. The molecule has 16 heavy (non-hydrogen) atoms. The second-order valence-electron chi connectivity index (χ2n) is 4.14. The predicted octanol–water partition coefficient (Wildman–Crippen LogP) is 0.0223. The third-order valence-corrected chi connectivity index (χ3v) is 2.78. The number of rotatable bonds is 7. The van der Waals surface area contributed by atoms with Crippen molar-refractivity contribution in [3.8, 4) is 0 Å². The fraction of sp³-hybridized carbons (Fsp3) is 1.00. The van der Waals surface area contributed by atoms with E-state index in [1.807, 2.05) is 0 Å². The van der Waals surface area contributed by atoms with Gasteiger partial charge in [0.2, 0.25) is 0 Å². The van der Waals surface area contributed by atoms with Gasteiger partial charge in [-0.15, -0.1) is 0 Å². The minimum Gasteiger partial charge on any atom is -0.394 e. The number of ether oxygens (including phenoxy) is 2. The Labute approximate surface area is 96.0 Å². The van der Waals surface area contributed by atoms with Crippen LogP contribution in [0.15, 0.2) is 0 Å². The number of hydrogen-bond acceptors (Lipinski definition) is 5. The highest BCUT2D eigenvalue weighted by Gasteiger charge is 2.42. The van der Waals surface area contributed by atoms with Crippen molar-refractivity contribution in [3.05, 3.63) is 0 Å². The lowest BCUT2D eigenvalue weighted by Gasteiger charge is -2.15. The van der Waals surface area contributed by atoms with E-state index in [1.54, 1.807) is 0 Å². The van der Waals surface area contributed by atoms with Crippen LogP contribution < -0.4 is 0 Å². The second kappa shape index (κ2) is 7.19. The van der Waals surface area contributed by atoms with Gasteiger partial charge < -0.3 is 24.8 Å². The molecule has 0 saturated carbocycles. The van der Waals surface area contributed by atoms with Crippen LogP contribution in [-0.4, -0.2) is 53.1 Å². The summed E-state index contributed by atoms with van der Waals surface area (Å²) in [5.74, 6) is 0. The summed E-state index contributed by atoms with van der Waals surface area (Å²) in [4.78, 5) is 0. The first-order valence-electron chi connectivity index (χ1n) is 5.94. The van der Waals surface area contributed by atoms with Gasteiger partial charge in [-0.3, -0.25) is 0 Å². The molecule has 0 bridgehead atoms. The Morgan fingerprint density at radius 2 is 1.88 bits per heavy atom. The van der Waals surface area contributed by atoms with E-state index in [2.05, 4.69) is 6.92 Å². The van der Waals surface area contributed by atoms with Crippen molar-refractivity contribution in [2.75, 3.05) is 13.2 Å². The maximum Gasteiger partial charge on any atom is 0.186 e. The molecule has 5 heteroatoms. The zero-order valence-electron chi connectivity index (χ0n) is 9.71. The molecule has 0 aromatic heterocycles. The van der Waals surface area contributed by atoms with Gasteiger partial charge in [0.15, 0.2) is 6.29 Å². The Bertz CT molecular complexity index is 187. The van der Waals surface area contributed by atoms with Gasteiger partial charge in [-0.05, 0) is 6.42 Å². The first kappa shape index (κ1) is 13.9. The average molecular weight is 234 g/mol. The molecule has 0 aromatic carbocycles. The molecule has 0 aliphatic carbocycles. The van der Waals surface area contributed by atoms with Crippen molar-refractivity contribution in [1.29, 1.82) is 0 Å². The molecule has 3 N–H and O–H groups in total. The van der Waals surface area contributed by atoms with Crippen molar-refractivity contribution in [2.24, 2.45) is 0 Å². The third kappa shape index (κ3) is 3.68. The zero-order valence-corrected chi connectivity index (χ0v) is 9.71. The Morgan fingerprint density at radius 3 is 2.44 bits per heavy atom. The topological polar surface area (TPSA) is 79.2 Å². The molecule has 1 aliphatic rings. The fourth-order valence-electron chi connectivity index (χ4n) is 1.73. The number of hydrogen-bond donors (Lipinski definition) is 3. The molecule has 1 saturated heterocycles. The van der Waals surface area contributed by atoms with Gasteiger partial charge in [0.05, 0.1) is 6.61 Å². The van der Waals surface area contributed by atoms with Gasteiger partial charge in [-0.1, -0.05) is 26.2 Å². The molecule has 4 atom stereocenters. The van der Waals surface area contributed by atoms with Crippen LogP contribution in [0.25, 0.3) is 0 Å². The fourth-order valence-corrected chi connectivity index (χ4v) is 1.73. The molecule has 0 spiro atoms. The molecular formula is C11H22O5. The van der Waals surface area contributed by atoms with Gasteiger partial charge in [0, 0.05) is 6.61 Å². The van der Waals surface area contributed by atoms with Crippen LogP contribution in [-0.2, 0) is 9.47 Å². The highest BCUT2D eigenvalue weighted by Crippen LogP contribution is 2.22. The summed E-state index contributed by atoms with van der Waals surface area (Å²) in [6.45, 7) is 2.33. The lowest BCUT2D eigenvalue weighted by atomic mass is 10.1. The molecule has 1 fully saturated rings. The lowest BCUT2D eigenvalue weighted by molar-refractivity contribution is -0.169. The molecule has 1 unspecified atom stereocenters. The van der Waals surface area contributed by atoms with Crippen molar-refractivity contribution in [3.63, 3.8) is 0 Å². The summed E-state index contributed by atoms with van der Waals surface area (Å²) in [5.41, 5.74) is 0. The number of aliphatic hydroxyl groups excluding tert-OH is 3. The smallest absolute Gasteiger partial charge is 0.186 e. The zero-order chi connectivity index (χ0) is 12.0. The summed E-state index contributed by atoms with van der Waals surface area (Å²) in [5, 5.41) is 27.9. The van der Waals surface area contributed by atoms with E-state index in [0.717, 1.165) is 19.3 Å². The predicted molar refractivity (Wildman–Crippen MR) is 57.9 cm³/mol. The highest BCUT2D eigenvalue weighted by atomic mass is 16.7. The van der Waals surface area contributed by atoms with Crippen LogP contribution in [0, 0.1) is 0 Å². The molecule has 5 nitrogen and oxygen atoms in total. The molecule has 0 amide bonds. The van der Waals surface area contributed by atoms with Gasteiger partial charge >= 0.3 is 0 Å². The normalized spacial score (nSPS) is 34.5. The molecule has 1 aliphatic heterocycles. The van der Waals surface area contributed by atoms with Crippen LogP contribution in [0.3, 0.4) is 0 Å². The van der Waals surface area contributed by atoms with Crippen molar-refractivity contribution >= 4 is 0 Å². The second-order valence-corrected chi connectivity index (χ2v) is 4.14. The Hall–Kier alpha value is -0.200. The number of aliphatic hydroxyl groups is 3. The maximum absolute atomic E-state index is 9.55. The largest absolute Gasteiger partial charge is 0.394 e. The Morgan fingerprint density at radius 1 is 1.12 bits per heavy atom. The number of unbranched alkanes of at least 4 members (excludes halogenated alkanes) is 3. The van der Waals surface area contributed by atoms with E-state index in [4.69, 9.17) is 14.6 Å². The highest BCUT2D eigenvalue weighted by molar-refractivity contribution is 4.86. The van der Waals surface area contributed by atoms with E-state index in [1.165, 1.54) is 6.42 Å². The molecule has 0 aromatic rings. The van der Waals surface area contributed by atoms with Gasteiger partial charge in [0.25, 0.3) is 0 Å². The van der Waals surface area contributed by atoms with Crippen LogP contribution >= 0.6 is 0 Å². The first-order chi connectivity index (χ1) is 7.70. The SMILES string of the molecule is CCCCCCOC1O[C@H](CO)[C@@H](O)[C@H]1O. The Kier molecular flexibility index (Phi) is 6.23. The Balaban J connectivity index is 2.17. The molecule has 1 heterocycles. The molecule has 0 radical (unpaired) electrons.